The lowest BCUT2D eigenvalue weighted by Gasteiger charge is -2.08. The number of hydrogen-bond donors (Lipinski definition) is 0. The van der Waals surface area contributed by atoms with E-state index in [1.54, 1.807) is 30.8 Å². The zero-order valence-electron chi connectivity index (χ0n) is 11.4. The van der Waals surface area contributed by atoms with E-state index in [1.807, 2.05) is 12.1 Å². The fourth-order valence-electron chi connectivity index (χ4n) is 1.85. The maximum Gasteiger partial charge on any atom is 0.339 e. The monoisotopic (exact) mass is 290 g/mol. The van der Waals surface area contributed by atoms with Gasteiger partial charge in [-0.3, -0.25) is 9.48 Å². The Morgan fingerprint density at radius 1 is 1.40 bits per heavy atom. The Bertz CT molecular complexity index is 664. The van der Waals surface area contributed by atoms with Gasteiger partial charge < -0.3 is 4.74 Å². The summed E-state index contributed by atoms with van der Waals surface area (Å²) >= 11 is 1.32. The van der Waals surface area contributed by atoms with Gasteiger partial charge in [-0.05, 0) is 19.1 Å². The van der Waals surface area contributed by atoms with Crippen LogP contribution in [0.25, 0.3) is 0 Å². The number of nitrogens with zero attached hydrogens (tertiary/aromatic N) is 2. The first-order valence-corrected chi connectivity index (χ1v) is 6.74. The van der Waals surface area contributed by atoms with Gasteiger partial charge in [0.15, 0.2) is 6.29 Å². The van der Waals surface area contributed by atoms with Crippen molar-refractivity contribution in [1.82, 2.24) is 9.78 Å². The first-order valence-electron chi connectivity index (χ1n) is 5.92. The standard InChI is InChI=1S/C14H14N2O3S/c1-9-11(8-17)13(16(2)15-9)20-12-7-5-4-6-10(12)14(18)19-3/h4-8H,1-3H3. The fraction of sp³-hybridized carbons (Fsp3) is 0.214. The number of aromatic nitrogens is 2. The smallest absolute Gasteiger partial charge is 0.339 e. The molecule has 0 bridgehead atoms. The van der Waals surface area contributed by atoms with Crippen molar-refractivity contribution in [3.63, 3.8) is 0 Å². The van der Waals surface area contributed by atoms with Crippen LogP contribution in [0.4, 0.5) is 0 Å². The average molecular weight is 290 g/mol. The fourth-order valence-corrected chi connectivity index (χ4v) is 2.94. The minimum atomic E-state index is -0.403. The Balaban J connectivity index is 2.45. The molecule has 0 aliphatic heterocycles. The predicted molar refractivity (Wildman–Crippen MR) is 75.2 cm³/mol. The van der Waals surface area contributed by atoms with Crippen LogP contribution >= 0.6 is 11.8 Å². The summed E-state index contributed by atoms with van der Waals surface area (Å²) in [6.45, 7) is 1.78. The van der Waals surface area contributed by atoms with Gasteiger partial charge >= 0.3 is 5.97 Å². The average Bonchev–Trinajstić information content (AvgIpc) is 2.72. The van der Waals surface area contributed by atoms with Gasteiger partial charge in [-0.25, -0.2) is 4.79 Å². The van der Waals surface area contributed by atoms with Crippen molar-refractivity contribution in [1.29, 1.82) is 0 Å². The number of methoxy groups -OCH3 is 1. The van der Waals surface area contributed by atoms with Crippen molar-refractivity contribution in [2.45, 2.75) is 16.8 Å². The van der Waals surface area contributed by atoms with Crippen LogP contribution in [-0.4, -0.2) is 29.1 Å². The number of ether oxygens (including phenoxy) is 1. The highest BCUT2D eigenvalue weighted by Gasteiger charge is 2.18. The summed E-state index contributed by atoms with van der Waals surface area (Å²) in [6.07, 6.45) is 0.783. The van der Waals surface area contributed by atoms with Crippen LogP contribution in [-0.2, 0) is 11.8 Å². The van der Waals surface area contributed by atoms with Gasteiger partial charge in [-0.1, -0.05) is 23.9 Å². The molecule has 0 aliphatic carbocycles. The molecule has 2 aromatic rings. The Morgan fingerprint density at radius 2 is 2.10 bits per heavy atom. The second-order valence-corrected chi connectivity index (χ2v) is 5.17. The molecule has 0 radical (unpaired) electrons. The number of carbonyl (C=O) groups excluding carboxylic acids is 2. The second kappa shape index (κ2) is 5.92. The zero-order valence-corrected chi connectivity index (χ0v) is 12.2. The molecule has 0 aliphatic rings. The second-order valence-electron chi connectivity index (χ2n) is 4.14. The summed E-state index contributed by atoms with van der Waals surface area (Å²) in [5, 5.41) is 4.92. The third-order valence-electron chi connectivity index (χ3n) is 2.83. The van der Waals surface area contributed by atoms with E-state index in [9.17, 15) is 9.59 Å². The first kappa shape index (κ1) is 14.3. The van der Waals surface area contributed by atoms with Gasteiger partial charge in [0.05, 0.1) is 23.9 Å². The van der Waals surface area contributed by atoms with Crippen LogP contribution in [0.5, 0.6) is 0 Å². The topological polar surface area (TPSA) is 61.2 Å². The van der Waals surface area contributed by atoms with E-state index in [4.69, 9.17) is 4.74 Å². The van der Waals surface area contributed by atoms with E-state index < -0.39 is 5.97 Å². The molecule has 5 nitrogen and oxygen atoms in total. The lowest BCUT2D eigenvalue weighted by molar-refractivity contribution is 0.0596. The molecule has 0 unspecified atom stereocenters. The van der Waals surface area contributed by atoms with Crippen molar-refractivity contribution in [3.8, 4) is 0 Å². The van der Waals surface area contributed by atoms with Crippen LogP contribution in [0, 0.1) is 6.92 Å². The Morgan fingerprint density at radius 3 is 2.75 bits per heavy atom. The lowest BCUT2D eigenvalue weighted by Crippen LogP contribution is -2.03. The molecule has 2 rings (SSSR count). The quantitative estimate of drug-likeness (QED) is 0.639. The summed E-state index contributed by atoms with van der Waals surface area (Å²) in [6, 6.07) is 7.11. The lowest BCUT2D eigenvalue weighted by atomic mass is 10.2. The highest BCUT2D eigenvalue weighted by Crippen LogP contribution is 2.33. The number of aryl methyl sites for hydroxylation is 2. The summed E-state index contributed by atoms with van der Waals surface area (Å²) in [5.74, 6) is -0.403. The predicted octanol–water partition coefficient (Wildman–Crippen LogP) is 2.48. The number of hydrogen-bond acceptors (Lipinski definition) is 5. The molecule has 1 heterocycles. The number of aldehydes is 1. The largest absolute Gasteiger partial charge is 0.465 e. The van der Waals surface area contributed by atoms with Crippen LogP contribution < -0.4 is 0 Å². The number of benzene rings is 1. The molecule has 0 spiro atoms. The molecule has 1 aromatic carbocycles. The first-order chi connectivity index (χ1) is 9.58. The molecule has 1 aromatic heterocycles. The van der Waals surface area contributed by atoms with Crippen molar-refractivity contribution in [2.75, 3.05) is 7.11 Å². The van der Waals surface area contributed by atoms with Gasteiger partial charge in [0.25, 0.3) is 0 Å². The van der Waals surface area contributed by atoms with Gasteiger partial charge in [0.1, 0.15) is 5.03 Å². The maximum atomic E-state index is 11.7. The van der Waals surface area contributed by atoms with Gasteiger partial charge in [-0.15, -0.1) is 0 Å². The molecular formula is C14H14N2O3S. The molecular weight excluding hydrogens is 276 g/mol. The van der Waals surface area contributed by atoms with E-state index in [2.05, 4.69) is 5.10 Å². The number of carbonyl (C=O) groups is 2. The summed E-state index contributed by atoms with van der Waals surface area (Å²) < 4.78 is 6.40. The zero-order chi connectivity index (χ0) is 14.7. The minimum absolute atomic E-state index is 0.403. The highest BCUT2D eigenvalue weighted by molar-refractivity contribution is 7.99. The van der Waals surface area contributed by atoms with Gasteiger partial charge in [-0.2, -0.15) is 5.10 Å². The Labute approximate surface area is 120 Å². The molecule has 0 fully saturated rings. The van der Waals surface area contributed by atoms with Crippen molar-refractivity contribution in [3.05, 3.63) is 41.1 Å². The molecule has 104 valence electrons. The number of rotatable bonds is 4. The molecule has 0 saturated heterocycles. The van der Waals surface area contributed by atoms with E-state index in [1.165, 1.54) is 18.9 Å². The number of esters is 1. The van der Waals surface area contributed by atoms with Crippen LogP contribution in [0.15, 0.2) is 34.2 Å². The molecule has 0 N–H and O–H groups in total. The van der Waals surface area contributed by atoms with Crippen LogP contribution in [0.1, 0.15) is 26.4 Å². The van der Waals surface area contributed by atoms with E-state index >= 15 is 0 Å². The molecule has 20 heavy (non-hydrogen) atoms. The van der Waals surface area contributed by atoms with Crippen molar-refractivity contribution < 1.29 is 14.3 Å². The van der Waals surface area contributed by atoms with Crippen molar-refractivity contribution >= 4 is 24.0 Å². The third-order valence-corrected chi connectivity index (χ3v) is 4.08. The van der Waals surface area contributed by atoms with Crippen LogP contribution in [0.3, 0.4) is 0 Å². The SMILES string of the molecule is COC(=O)c1ccccc1Sc1c(C=O)c(C)nn1C. The molecule has 0 saturated carbocycles. The highest BCUT2D eigenvalue weighted by atomic mass is 32.2. The van der Waals surface area contributed by atoms with E-state index in [-0.39, 0.29) is 0 Å². The van der Waals surface area contributed by atoms with Gasteiger partial charge in [0.2, 0.25) is 0 Å². The molecule has 6 heteroatoms. The Kier molecular flexibility index (Phi) is 4.24. The summed E-state index contributed by atoms with van der Waals surface area (Å²) in [7, 11) is 3.11. The van der Waals surface area contributed by atoms with Crippen molar-refractivity contribution in [2.24, 2.45) is 7.05 Å². The summed E-state index contributed by atoms with van der Waals surface area (Å²) in [4.78, 5) is 23.6. The summed E-state index contributed by atoms with van der Waals surface area (Å²) in [5.41, 5.74) is 1.67. The van der Waals surface area contributed by atoms with Gasteiger partial charge in [0, 0.05) is 11.9 Å². The van der Waals surface area contributed by atoms with Crippen LogP contribution in [0.2, 0.25) is 0 Å². The normalized spacial score (nSPS) is 10.3. The molecule has 0 amide bonds. The maximum absolute atomic E-state index is 11.7. The third kappa shape index (κ3) is 2.60. The van der Waals surface area contributed by atoms with E-state index in [0.717, 1.165) is 11.2 Å². The minimum Gasteiger partial charge on any atom is -0.465 e. The Hall–Kier alpha value is -2.08. The molecule has 0 atom stereocenters. The van der Waals surface area contributed by atoms with E-state index in [0.29, 0.717) is 21.8 Å².